The topological polar surface area (TPSA) is 84.0 Å². The smallest absolute Gasteiger partial charge is 0.406 e. The molecule has 1 spiro atoms. The number of ether oxygens (including phenoxy) is 2. The number of likely N-dealkylation sites (tertiary alicyclic amines) is 1. The summed E-state index contributed by atoms with van der Waals surface area (Å²) in [6.45, 7) is 2.00. The molecule has 0 saturated carbocycles. The van der Waals surface area contributed by atoms with Crippen molar-refractivity contribution in [1.82, 2.24) is 14.8 Å². The Hall–Kier alpha value is -3.05. The fraction of sp³-hybridized carbons (Fsp3) is 0.409. The van der Waals surface area contributed by atoms with Crippen molar-refractivity contribution in [2.75, 3.05) is 38.1 Å². The minimum Gasteiger partial charge on any atom is -0.406 e. The molecule has 1 N–H and O–H groups in total. The summed E-state index contributed by atoms with van der Waals surface area (Å²) in [7, 11) is 0. The first-order valence-electron chi connectivity index (χ1n) is 10.6. The molecule has 0 unspecified atom stereocenters. The number of nitrogens with zero attached hydrogens (tertiary/aromatic N) is 3. The van der Waals surface area contributed by atoms with Crippen LogP contribution in [0.15, 0.2) is 42.6 Å². The van der Waals surface area contributed by atoms with Gasteiger partial charge in [0.05, 0.1) is 18.8 Å². The molecule has 1 aromatic heterocycles. The molecule has 0 radical (unpaired) electrons. The largest absolute Gasteiger partial charge is 0.573 e. The summed E-state index contributed by atoms with van der Waals surface area (Å²) < 4.78 is 46.8. The van der Waals surface area contributed by atoms with Gasteiger partial charge in [0.25, 0.3) is 5.91 Å². The van der Waals surface area contributed by atoms with Gasteiger partial charge in [0.15, 0.2) is 0 Å². The SMILES string of the molecule is O=C(Nc1ccc(OC(F)(F)F)cc1)N1CCOC2(CCN(C(=O)c3ccnc(Cl)c3)CC2)C1. The summed E-state index contributed by atoms with van der Waals surface area (Å²) in [5, 5.41) is 2.94. The van der Waals surface area contributed by atoms with Crippen molar-refractivity contribution in [2.24, 2.45) is 0 Å². The van der Waals surface area contributed by atoms with Crippen molar-refractivity contribution in [3.63, 3.8) is 0 Å². The van der Waals surface area contributed by atoms with Crippen LogP contribution in [-0.4, -0.2) is 71.5 Å². The zero-order valence-electron chi connectivity index (χ0n) is 18.0. The second-order valence-corrected chi connectivity index (χ2v) is 8.50. The number of pyridine rings is 1. The average Bonchev–Trinajstić information content (AvgIpc) is 2.79. The van der Waals surface area contributed by atoms with E-state index in [2.05, 4.69) is 15.0 Å². The van der Waals surface area contributed by atoms with Crippen LogP contribution in [0.4, 0.5) is 23.7 Å². The van der Waals surface area contributed by atoms with E-state index < -0.39 is 12.0 Å². The van der Waals surface area contributed by atoms with Crippen molar-refractivity contribution in [3.8, 4) is 5.75 Å². The van der Waals surface area contributed by atoms with Gasteiger partial charge in [-0.1, -0.05) is 11.6 Å². The Labute approximate surface area is 198 Å². The molecule has 2 aromatic rings. The minimum absolute atomic E-state index is 0.137. The van der Waals surface area contributed by atoms with E-state index in [1.165, 1.54) is 24.4 Å². The van der Waals surface area contributed by atoms with Crippen LogP contribution in [0.1, 0.15) is 23.2 Å². The molecule has 182 valence electrons. The van der Waals surface area contributed by atoms with Crippen LogP contribution in [0.25, 0.3) is 0 Å². The maximum Gasteiger partial charge on any atom is 0.573 e. The molecule has 3 amide bonds. The summed E-state index contributed by atoms with van der Waals surface area (Å²) in [4.78, 5) is 32.7. The number of hydrogen-bond acceptors (Lipinski definition) is 5. The Balaban J connectivity index is 1.32. The first kappa shape index (κ1) is 24.1. The van der Waals surface area contributed by atoms with Gasteiger partial charge in [0, 0.05) is 37.1 Å². The predicted octanol–water partition coefficient (Wildman–Crippen LogP) is 4.17. The first-order valence-corrected chi connectivity index (χ1v) is 11.0. The van der Waals surface area contributed by atoms with Gasteiger partial charge in [-0.25, -0.2) is 9.78 Å². The molecular formula is C22H22ClF3N4O4. The highest BCUT2D eigenvalue weighted by atomic mass is 35.5. The van der Waals surface area contributed by atoms with E-state index in [-0.39, 0.29) is 22.8 Å². The number of halogens is 4. The Morgan fingerprint density at radius 1 is 1.09 bits per heavy atom. The first-order chi connectivity index (χ1) is 16.1. The molecule has 0 atom stereocenters. The average molecular weight is 499 g/mol. The molecule has 8 nitrogen and oxygen atoms in total. The third kappa shape index (κ3) is 5.89. The van der Waals surface area contributed by atoms with Crippen LogP contribution in [0.3, 0.4) is 0 Å². The number of morpholine rings is 1. The van der Waals surface area contributed by atoms with E-state index in [1.807, 2.05) is 0 Å². The molecule has 3 heterocycles. The van der Waals surface area contributed by atoms with Gasteiger partial charge in [0.1, 0.15) is 10.9 Å². The zero-order chi connectivity index (χ0) is 24.3. The predicted molar refractivity (Wildman–Crippen MR) is 117 cm³/mol. The molecule has 0 bridgehead atoms. The normalized spacial score (nSPS) is 18.0. The Morgan fingerprint density at radius 3 is 2.44 bits per heavy atom. The second-order valence-electron chi connectivity index (χ2n) is 8.11. The Bertz CT molecular complexity index is 1040. The van der Waals surface area contributed by atoms with Crippen molar-refractivity contribution in [2.45, 2.75) is 24.8 Å². The lowest BCUT2D eigenvalue weighted by molar-refractivity contribution is -0.274. The Morgan fingerprint density at radius 2 is 1.79 bits per heavy atom. The van der Waals surface area contributed by atoms with Crippen molar-refractivity contribution in [3.05, 3.63) is 53.3 Å². The van der Waals surface area contributed by atoms with Crippen LogP contribution in [0.5, 0.6) is 5.75 Å². The molecule has 2 aliphatic rings. The molecule has 2 aliphatic heterocycles. The monoisotopic (exact) mass is 498 g/mol. The number of alkyl halides is 3. The number of nitrogens with one attached hydrogen (secondary N) is 1. The van der Waals surface area contributed by atoms with E-state index in [4.69, 9.17) is 16.3 Å². The van der Waals surface area contributed by atoms with Gasteiger partial charge in [-0.05, 0) is 49.2 Å². The van der Waals surface area contributed by atoms with E-state index >= 15 is 0 Å². The summed E-state index contributed by atoms with van der Waals surface area (Å²) in [5.74, 6) is -0.506. The molecule has 1 aromatic carbocycles. The maximum absolute atomic E-state index is 12.8. The summed E-state index contributed by atoms with van der Waals surface area (Å²) in [5.41, 5.74) is 0.247. The number of carbonyl (C=O) groups excluding carboxylic acids is 2. The van der Waals surface area contributed by atoms with Crippen molar-refractivity contribution < 1.29 is 32.2 Å². The van der Waals surface area contributed by atoms with Crippen LogP contribution >= 0.6 is 11.6 Å². The van der Waals surface area contributed by atoms with Crippen molar-refractivity contribution >= 4 is 29.2 Å². The van der Waals surface area contributed by atoms with Gasteiger partial charge in [-0.2, -0.15) is 0 Å². The molecule has 2 fully saturated rings. The quantitative estimate of drug-likeness (QED) is 0.642. The van der Waals surface area contributed by atoms with Gasteiger partial charge in [-0.3, -0.25) is 4.79 Å². The second kappa shape index (κ2) is 9.67. The molecule has 34 heavy (non-hydrogen) atoms. The third-order valence-electron chi connectivity index (χ3n) is 5.81. The number of amides is 3. The van der Waals surface area contributed by atoms with Crippen LogP contribution in [0.2, 0.25) is 5.15 Å². The summed E-state index contributed by atoms with van der Waals surface area (Å²) in [6.07, 6.45) is -2.17. The number of benzene rings is 1. The van der Waals surface area contributed by atoms with E-state index in [0.29, 0.717) is 56.9 Å². The fourth-order valence-corrected chi connectivity index (χ4v) is 4.27. The number of aromatic nitrogens is 1. The molecule has 2 saturated heterocycles. The lowest BCUT2D eigenvalue weighted by atomic mass is 9.89. The van der Waals surface area contributed by atoms with Crippen LogP contribution in [-0.2, 0) is 4.74 Å². The van der Waals surface area contributed by atoms with E-state index in [1.54, 1.807) is 15.9 Å². The van der Waals surface area contributed by atoms with Gasteiger partial charge in [-0.15, -0.1) is 13.2 Å². The van der Waals surface area contributed by atoms with Gasteiger partial charge < -0.3 is 24.6 Å². The van der Waals surface area contributed by atoms with Gasteiger partial charge >= 0.3 is 12.4 Å². The third-order valence-corrected chi connectivity index (χ3v) is 6.02. The van der Waals surface area contributed by atoms with Crippen LogP contribution < -0.4 is 10.1 Å². The number of anilines is 1. The number of hydrogen-bond donors (Lipinski definition) is 1. The number of piperidine rings is 1. The maximum atomic E-state index is 12.8. The highest BCUT2D eigenvalue weighted by Gasteiger charge is 2.42. The lowest BCUT2D eigenvalue weighted by Crippen LogP contribution is -2.59. The standard InChI is InChI=1S/C22H22ClF3N4O4/c23-18-13-15(5-8-27-18)19(31)29-9-6-21(7-10-29)14-30(11-12-33-21)20(32)28-16-1-3-17(4-2-16)34-22(24,25)26/h1-5,8,13H,6-7,9-12,14H2,(H,28,32). The van der Waals surface area contributed by atoms with Crippen molar-refractivity contribution in [1.29, 1.82) is 0 Å². The summed E-state index contributed by atoms with van der Waals surface area (Å²) >= 11 is 5.88. The van der Waals surface area contributed by atoms with E-state index in [0.717, 1.165) is 12.1 Å². The molecule has 12 heteroatoms. The molecular weight excluding hydrogens is 477 g/mol. The fourth-order valence-electron chi connectivity index (χ4n) is 4.10. The number of carbonyl (C=O) groups is 2. The highest BCUT2D eigenvalue weighted by Crippen LogP contribution is 2.31. The van der Waals surface area contributed by atoms with E-state index in [9.17, 15) is 22.8 Å². The lowest BCUT2D eigenvalue weighted by Gasteiger charge is -2.47. The summed E-state index contributed by atoms with van der Waals surface area (Å²) in [6, 6.07) is 7.70. The molecule has 0 aliphatic carbocycles. The minimum atomic E-state index is -4.78. The number of rotatable bonds is 3. The van der Waals surface area contributed by atoms with Crippen LogP contribution in [0, 0.1) is 0 Å². The molecule has 4 rings (SSSR count). The Kier molecular flexibility index (Phi) is 6.85. The highest BCUT2D eigenvalue weighted by molar-refractivity contribution is 6.29. The van der Waals surface area contributed by atoms with Gasteiger partial charge in [0.2, 0.25) is 0 Å². The number of urea groups is 1. The zero-order valence-corrected chi connectivity index (χ0v) is 18.7.